The number of nitrogens with two attached hydrogens (primary N) is 1. The molecule has 0 radical (unpaired) electrons. The minimum Gasteiger partial charge on any atom is -0.508 e. The first-order valence-corrected chi connectivity index (χ1v) is 14.2. The van der Waals surface area contributed by atoms with Gasteiger partial charge >= 0.3 is 0 Å². The van der Waals surface area contributed by atoms with Crippen LogP contribution in [0.5, 0.6) is 5.75 Å². The summed E-state index contributed by atoms with van der Waals surface area (Å²) in [6.45, 7) is 7.10. The van der Waals surface area contributed by atoms with Crippen LogP contribution in [0.3, 0.4) is 0 Å². The van der Waals surface area contributed by atoms with Crippen LogP contribution in [0.4, 0.5) is 13.2 Å². The number of phenolic OH excluding ortho intramolecular Hbond substituents is 1. The van der Waals surface area contributed by atoms with Crippen molar-refractivity contribution >= 4 is 23.2 Å². The van der Waals surface area contributed by atoms with Gasteiger partial charge in [0.05, 0.1) is 29.0 Å². The van der Waals surface area contributed by atoms with E-state index in [-0.39, 0.29) is 17.7 Å². The van der Waals surface area contributed by atoms with Crippen molar-refractivity contribution in [2.75, 3.05) is 0 Å². The number of hydrazine groups is 1. The first kappa shape index (κ1) is 34.3. The van der Waals surface area contributed by atoms with Crippen molar-refractivity contribution in [3.05, 3.63) is 113 Å². The van der Waals surface area contributed by atoms with Gasteiger partial charge in [-0.2, -0.15) is 5.10 Å². The first-order valence-electron chi connectivity index (χ1n) is 14.2. The first-order chi connectivity index (χ1) is 21.6. The summed E-state index contributed by atoms with van der Waals surface area (Å²) in [6, 6.07) is 14.8. The second kappa shape index (κ2) is 16.6. The molecule has 2 heterocycles. The maximum atomic E-state index is 14.0. The number of aromatic nitrogens is 3. The third-order valence-corrected chi connectivity index (χ3v) is 6.38. The van der Waals surface area contributed by atoms with Crippen LogP contribution in [-0.2, 0) is 17.8 Å². The number of hydrogen-bond acceptors (Lipinski definition) is 6. The molecule has 2 amide bonds. The summed E-state index contributed by atoms with van der Waals surface area (Å²) in [4.78, 5) is 27.3. The van der Waals surface area contributed by atoms with E-state index in [1.165, 1.54) is 24.8 Å². The fraction of sp³-hybridized carbons (Fsp3) is 0.212. The van der Waals surface area contributed by atoms with Crippen LogP contribution in [-0.4, -0.2) is 32.2 Å². The molecule has 1 atom stereocenters. The molecule has 236 valence electrons. The van der Waals surface area contributed by atoms with Crippen molar-refractivity contribution in [3.63, 3.8) is 0 Å². The highest BCUT2D eigenvalue weighted by molar-refractivity contribution is 5.95. The standard InChI is InChI=1S/C21H17F3N4O2.C9H10N2O.C3H8/c22-14-6-12(7-15(23)10-14)8-19(27-11-29)20-16(2-1-5-26-20)13-3-4-18(24)17(9-13)21(30)28-25;1-2-11-9-5-8(12)4-3-7(9)6-10-11;1-3-2/h1-7,9-11,19H,8,25H2,(H,27,29)(H,28,30);3-6,12H,2H2,1H3;3H2,1-2H3. The number of nitrogens with zero attached hydrogens (tertiary/aromatic N) is 3. The SMILES string of the molecule is CCC.CCn1ncc2ccc(O)cc21.NNC(=O)c1cc(-c2cccnc2C(Cc2cc(F)cc(F)c2)NC=O)ccc1F. The Bertz CT molecular complexity index is 1720. The molecule has 12 heteroatoms. The van der Waals surface area contributed by atoms with Crippen LogP contribution >= 0.6 is 0 Å². The maximum Gasteiger partial charge on any atom is 0.268 e. The lowest BCUT2D eigenvalue weighted by atomic mass is 9.94. The molecule has 0 aliphatic carbocycles. The Labute approximate surface area is 258 Å². The van der Waals surface area contributed by atoms with Crippen LogP contribution in [0.15, 0.2) is 79.1 Å². The number of nitrogen functional groups attached to an aromatic ring is 1. The fourth-order valence-electron chi connectivity index (χ4n) is 4.48. The molecule has 0 aliphatic rings. The summed E-state index contributed by atoms with van der Waals surface area (Å²) < 4.78 is 43.0. The smallest absolute Gasteiger partial charge is 0.268 e. The molecule has 0 fully saturated rings. The molecule has 3 aromatic carbocycles. The molecular weight excluding hydrogens is 585 g/mol. The monoisotopic (exact) mass is 620 g/mol. The van der Waals surface area contributed by atoms with Crippen LogP contribution in [0.1, 0.15) is 54.8 Å². The highest BCUT2D eigenvalue weighted by Gasteiger charge is 2.20. The number of benzene rings is 3. The van der Waals surface area contributed by atoms with Crippen LogP contribution in [0.2, 0.25) is 0 Å². The summed E-state index contributed by atoms with van der Waals surface area (Å²) in [6.07, 6.45) is 5.05. The van der Waals surface area contributed by atoms with Gasteiger partial charge in [0, 0.05) is 35.8 Å². The number of aryl methyl sites for hydroxylation is 1. The predicted molar refractivity (Wildman–Crippen MR) is 166 cm³/mol. The van der Waals surface area contributed by atoms with Crippen molar-refractivity contribution in [2.24, 2.45) is 5.84 Å². The quantitative estimate of drug-likeness (QED) is 0.0730. The molecule has 45 heavy (non-hydrogen) atoms. The Morgan fingerprint density at radius 3 is 2.38 bits per heavy atom. The molecule has 0 saturated carbocycles. The fourth-order valence-corrected chi connectivity index (χ4v) is 4.48. The van der Waals surface area contributed by atoms with Gasteiger partial charge in [0.2, 0.25) is 6.41 Å². The molecule has 0 bridgehead atoms. The van der Waals surface area contributed by atoms with E-state index in [1.54, 1.807) is 30.5 Å². The molecule has 9 nitrogen and oxygen atoms in total. The molecule has 0 spiro atoms. The molecule has 5 N–H and O–H groups in total. The normalized spacial score (nSPS) is 11.0. The zero-order chi connectivity index (χ0) is 32.9. The number of carbonyl (C=O) groups is 2. The third kappa shape index (κ3) is 9.13. The van der Waals surface area contributed by atoms with Crippen LogP contribution in [0, 0.1) is 17.5 Å². The van der Waals surface area contributed by atoms with Crippen LogP contribution < -0.4 is 16.6 Å². The Balaban J connectivity index is 0.000000303. The number of halogens is 3. The lowest BCUT2D eigenvalue weighted by Crippen LogP contribution is -2.30. The van der Waals surface area contributed by atoms with E-state index < -0.39 is 29.4 Å². The van der Waals surface area contributed by atoms with Gasteiger partial charge in [-0.25, -0.2) is 19.0 Å². The Hall–Kier alpha value is -5.23. The van der Waals surface area contributed by atoms with E-state index in [9.17, 15) is 27.9 Å². The highest BCUT2D eigenvalue weighted by atomic mass is 19.1. The minimum absolute atomic E-state index is 0.0504. The van der Waals surface area contributed by atoms with E-state index in [4.69, 9.17) is 5.84 Å². The zero-order valence-electron chi connectivity index (χ0n) is 25.1. The summed E-state index contributed by atoms with van der Waals surface area (Å²) in [5.74, 6) is 2.34. The number of pyridine rings is 1. The summed E-state index contributed by atoms with van der Waals surface area (Å²) in [5.41, 5.74) is 4.23. The third-order valence-electron chi connectivity index (χ3n) is 6.38. The number of phenols is 1. The molecule has 0 saturated heterocycles. The van der Waals surface area contributed by atoms with Crippen molar-refractivity contribution < 1.29 is 27.9 Å². The Kier molecular flexibility index (Phi) is 12.6. The molecule has 1 unspecified atom stereocenters. The average molecular weight is 621 g/mol. The molecular formula is C33H35F3N6O3. The summed E-state index contributed by atoms with van der Waals surface area (Å²) in [7, 11) is 0. The van der Waals surface area contributed by atoms with Gasteiger partial charge in [0.15, 0.2) is 0 Å². The zero-order valence-corrected chi connectivity index (χ0v) is 25.1. The maximum absolute atomic E-state index is 14.0. The number of amides is 2. The number of carbonyl (C=O) groups excluding carboxylic acids is 2. The van der Waals surface area contributed by atoms with E-state index in [0.717, 1.165) is 41.7 Å². The van der Waals surface area contributed by atoms with Gasteiger partial charge in [0.1, 0.15) is 23.2 Å². The average Bonchev–Trinajstić information content (AvgIpc) is 3.43. The van der Waals surface area contributed by atoms with Crippen LogP contribution in [0.25, 0.3) is 22.0 Å². The van der Waals surface area contributed by atoms with Gasteiger partial charge in [0.25, 0.3) is 5.91 Å². The van der Waals surface area contributed by atoms with Crippen molar-refractivity contribution in [1.82, 2.24) is 25.5 Å². The highest BCUT2D eigenvalue weighted by Crippen LogP contribution is 2.30. The molecule has 5 rings (SSSR count). The van der Waals surface area contributed by atoms with Crippen molar-refractivity contribution in [1.29, 1.82) is 0 Å². The number of fused-ring (bicyclic) bond motifs is 1. The number of hydrogen-bond donors (Lipinski definition) is 4. The summed E-state index contributed by atoms with van der Waals surface area (Å²) in [5, 5.41) is 17.0. The van der Waals surface area contributed by atoms with E-state index in [1.807, 2.05) is 23.1 Å². The number of nitrogens with one attached hydrogen (secondary N) is 2. The molecule has 2 aromatic heterocycles. The Morgan fingerprint density at radius 1 is 1.02 bits per heavy atom. The van der Waals surface area contributed by atoms with Gasteiger partial charge in [-0.3, -0.25) is 24.7 Å². The number of rotatable bonds is 8. The lowest BCUT2D eigenvalue weighted by Gasteiger charge is -2.19. The largest absolute Gasteiger partial charge is 0.508 e. The lowest BCUT2D eigenvalue weighted by molar-refractivity contribution is -0.110. The van der Waals surface area contributed by atoms with E-state index in [2.05, 4.69) is 29.2 Å². The van der Waals surface area contributed by atoms with Crippen molar-refractivity contribution in [3.8, 4) is 16.9 Å². The predicted octanol–water partition coefficient (Wildman–Crippen LogP) is 5.98. The molecule has 5 aromatic rings. The Morgan fingerprint density at radius 2 is 1.73 bits per heavy atom. The topological polar surface area (TPSA) is 135 Å². The molecule has 0 aliphatic heterocycles. The van der Waals surface area contributed by atoms with E-state index >= 15 is 0 Å². The van der Waals surface area contributed by atoms with Gasteiger partial charge in [-0.15, -0.1) is 0 Å². The summed E-state index contributed by atoms with van der Waals surface area (Å²) >= 11 is 0. The van der Waals surface area contributed by atoms with E-state index in [0.29, 0.717) is 28.8 Å². The second-order valence-corrected chi connectivity index (χ2v) is 9.83. The second-order valence-electron chi connectivity index (χ2n) is 9.83. The van der Waals surface area contributed by atoms with Crippen molar-refractivity contribution in [2.45, 2.75) is 46.2 Å². The van der Waals surface area contributed by atoms with Gasteiger partial charge in [-0.05, 0) is 66.9 Å². The van der Waals surface area contributed by atoms with Gasteiger partial charge in [-0.1, -0.05) is 32.4 Å². The van der Waals surface area contributed by atoms with Gasteiger partial charge < -0.3 is 10.4 Å². The number of aromatic hydroxyl groups is 1. The minimum atomic E-state index is -0.808.